The molecule has 1 aromatic heterocycles. The SMILES string of the molecule is COc1ccc(C2C(C(=O)c3cc(C)oc3C)C(c3ccccc3)N(C(=O)Nc3ccccc3)C2C(N)=O)cc1. The van der Waals surface area contributed by atoms with Gasteiger partial charge in [0.25, 0.3) is 0 Å². The van der Waals surface area contributed by atoms with E-state index in [9.17, 15) is 14.4 Å². The lowest BCUT2D eigenvalue weighted by atomic mass is 9.76. The Morgan fingerprint density at radius 2 is 1.50 bits per heavy atom. The zero-order valence-electron chi connectivity index (χ0n) is 22.5. The Morgan fingerprint density at radius 1 is 0.875 bits per heavy atom. The number of ether oxygens (including phenoxy) is 1. The summed E-state index contributed by atoms with van der Waals surface area (Å²) in [5.74, 6) is -0.819. The molecular weight excluding hydrogens is 506 g/mol. The Labute approximate surface area is 232 Å². The van der Waals surface area contributed by atoms with E-state index < -0.39 is 35.9 Å². The molecule has 0 spiro atoms. The molecule has 40 heavy (non-hydrogen) atoms. The number of hydrogen-bond acceptors (Lipinski definition) is 5. The van der Waals surface area contributed by atoms with E-state index in [0.29, 0.717) is 39.6 Å². The number of carbonyl (C=O) groups is 3. The molecule has 8 heteroatoms. The number of benzene rings is 3. The Kier molecular flexibility index (Phi) is 7.42. The van der Waals surface area contributed by atoms with E-state index in [0.717, 1.165) is 0 Å². The van der Waals surface area contributed by atoms with Gasteiger partial charge in [0.1, 0.15) is 23.3 Å². The zero-order chi connectivity index (χ0) is 28.4. The van der Waals surface area contributed by atoms with Crippen molar-refractivity contribution in [3.8, 4) is 5.75 Å². The van der Waals surface area contributed by atoms with Crippen molar-refractivity contribution in [3.05, 3.63) is 119 Å². The maximum absolute atomic E-state index is 14.5. The third kappa shape index (κ3) is 4.96. The number of amides is 3. The lowest BCUT2D eigenvalue weighted by Crippen LogP contribution is -2.48. The van der Waals surface area contributed by atoms with E-state index in [1.165, 1.54) is 4.90 Å². The summed E-state index contributed by atoms with van der Waals surface area (Å²) in [6.45, 7) is 3.51. The quantitative estimate of drug-likeness (QED) is 0.297. The second-order valence-corrected chi connectivity index (χ2v) is 9.92. The zero-order valence-corrected chi connectivity index (χ0v) is 22.5. The summed E-state index contributed by atoms with van der Waals surface area (Å²) in [6, 6.07) is 24.6. The van der Waals surface area contributed by atoms with Crippen LogP contribution in [0.3, 0.4) is 0 Å². The van der Waals surface area contributed by atoms with E-state index >= 15 is 0 Å². The summed E-state index contributed by atoms with van der Waals surface area (Å²) < 4.78 is 11.1. The van der Waals surface area contributed by atoms with E-state index in [1.54, 1.807) is 63.4 Å². The second kappa shape index (κ2) is 11.1. The average molecular weight is 538 g/mol. The smallest absolute Gasteiger partial charge is 0.323 e. The predicted octanol–water partition coefficient (Wildman–Crippen LogP) is 5.63. The molecular formula is C32H31N3O5. The lowest BCUT2D eigenvalue weighted by molar-refractivity contribution is -0.122. The minimum absolute atomic E-state index is 0.231. The molecule has 4 unspecified atom stereocenters. The van der Waals surface area contributed by atoms with Gasteiger partial charge in [-0.25, -0.2) is 4.79 Å². The molecule has 4 aromatic rings. The summed E-state index contributed by atoms with van der Waals surface area (Å²) in [6.07, 6.45) is 0. The third-order valence-corrected chi connectivity index (χ3v) is 7.47. The van der Waals surface area contributed by atoms with Gasteiger partial charge < -0.3 is 25.1 Å². The number of urea groups is 1. The molecule has 1 saturated heterocycles. The van der Waals surface area contributed by atoms with Gasteiger partial charge in [0.15, 0.2) is 5.78 Å². The number of para-hydroxylation sites is 1. The van der Waals surface area contributed by atoms with Crippen LogP contribution in [-0.2, 0) is 4.79 Å². The van der Waals surface area contributed by atoms with Crippen molar-refractivity contribution in [3.63, 3.8) is 0 Å². The number of carbonyl (C=O) groups excluding carboxylic acids is 3. The molecule has 0 radical (unpaired) electrons. The molecule has 0 bridgehead atoms. The number of Topliss-reactive ketones (excluding diaryl/α,β-unsaturated/α-hetero) is 1. The Morgan fingerprint density at radius 3 is 2.05 bits per heavy atom. The number of primary amides is 1. The van der Waals surface area contributed by atoms with Gasteiger partial charge in [0.05, 0.1) is 24.6 Å². The number of ketones is 1. The van der Waals surface area contributed by atoms with Gasteiger partial charge in [0.2, 0.25) is 5.91 Å². The average Bonchev–Trinajstić information content (AvgIpc) is 3.50. The van der Waals surface area contributed by atoms with Crippen LogP contribution in [0.1, 0.15) is 45.0 Å². The van der Waals surface area contributed by atoms with Gasteiger partial charge in [-0.15, -0.1) is 0 Å². The molecule has 3 aromatic carbocycles. The van der Waals surface area contributed by atoms with Crippen molar-refractivity contribution in [1.82, 2.24) is 4.90 Å². The fourth-order valence-electron chi connectivity index (χ4n) is 5.78. The number of aryl methyl sites for hydroxylation is 2. The van der Waals surface area contributed by atoms with E-state index in [1.807, 2.05) is 48.5 Å². The first-order valence-electron chi connectivity index (χ1n) is 13.0. The highest BCUT2D eigenvalue weighted by Gasteiger charge is 2.57. The van der Waals surface area contributed by atoms with Crippen LogP contribution < -0.4 is 15.8 Å². The van der Waals surface area contributed by atoms with Gasteiger partial charge in [-0.2, -0.15) is 0 Å². The number of furan rings is 1. The summed E-state index contributed by atoms with van der Waals surface area (Å²) >= 11 is 0. The van der Waals surface area contributed by atoms with Crippen LogP contribution in [-0.4, -0.2) is 35.8 Å². The van der Waals surface area contributed by atoms with Crippen LogP contribution in [0.4, 0.5) is 10.5 Å². The van der Waals surface area contributed by atoms with E-state index in [2.05, 4.69) is 5.32 Å². The Balaban J connectivity index is 1.72. The van der Waals surface area contributed by atoms with Gasteiger partial charge >= 0.3 is 6.03 Å². The van der Waals surface area contributed by atoms with Crippen LogP contribution in [0.2, 0.25) is 0 Å². The van der Waals surface area contributed by atoms with Crippen LogP contribution in [0.15, 0.2) is 95.4 Å². The standard InChI is InChI=1S/C32H31N3O5/c1-19-18-25(20(2)40-19)30(36)27-26(21-14-16-24(39-3)17-15-21)29(31(33)37)35(28(27)22-10-6-4-7-11-22)32(38)34-23-12-8-5-9-13-23/h4-18,26-29H,1-3H3,(H2,33,37)(H,34,38). The van der Waals surface area contributed by atoms with E-state index in [-0.39, 0.29) is 5.78 Å². The molecule has 2 heterocycles. The first-order valence-corrected chi connectivity index (χ1v) is 13.0. The number of hydrogen-bond donors (Lipinski definition) is 2. The maximum Gasteiger partial charge on any atom is 0.323 e. The Bertz CT molecular complexity index is 1520. The summed E-state index contributed by atoms with van der Waals surface area (Å²) in [5, 5.41) is 2.90. The summed E-state index contributed by atoms with van der Waals surface area (Å²) in [7, 11) is 1.56. The molecule has 5 rings (SSSR count). The van der Waals surface area contributed by atoms with Crippen molar-refractivity contribution in [1.29, 1.82) is 0 Å². The first kappa shape index (κ1) is 26.7. The fourth-order valence-corrected chi connectivity index (χ4v) is 5.78. The van der Waals surface area contributed by atoms with Gasteiger partial charge in [-0.05, 0) is 55.3 Å². The summed E-state index contributed by atoms with van der Waals surface area (Å²) in [5.41, 5.74) is 8.43. The molecule has 0 aliphatic carbocycles. The lowest BCUT2D eigenvalue weighted by Gasteiger charge is -2.31. The molecule has 1 aliphatic heterocycles. The van der Waals surface area contributed by atoms with Crippen molar-refractivity contribution < 1.29 is 23.5 Å². The monoisotopic (exact) mass is 537 g/mol. The number of rotatable bonds is 7. The predicted molar refractivity (Wildman–Crippen MR) is 151 cm³/mol. The van der Waals surface area contributed by atoms with Gasteiger partial charge in [0, 0.05) is 11.6 Å². The maximum atomic E-state index is 14.5. The molecule has 3 amide bonds. The fraction of sp³-hybridized carbons (Fsp3) is 0.219. The van der Waals surface area contributed by atoms with Gasteiger partial charge in [-0.3, -0.25) is 9.59 Å². The third-order valence-electron chi connectivity index (χ3n) is 7.47. The van der Waals surface area contributed by atoms with Crippen LogP contribution >= 0.6 is 0 Å². The van der Waals surface area contributed by atoms with E-state index in [4.69, 9.17) is 14.9 Å². The number of likely N-dealkylation sites (tertiary alicyclic amines) is 1. The topological polar surface area (TPSA) is 115 Å². The van der Waals surface area contributed by atoms with Crippen molar-refractivity contribution in [2.75, 3.05) is 12.4 Å². The molecule has 3 N–H and O–H groups in total. The highest BCUT2D eigenvalue weighted by molar-refractivity contribution is 6.03. The minimum atomic E-state index is -1.12. The number of nitrogens with zero attached hydrogens (tertiary/aromatic N) is 1. The highest BCUT2D eigenvalue weighted by atomic mass is 16.5. The second-order valence-electron chi connectivity index (χ2n) is 9.92. The number of anilines is 1. The van der Waals surface area contributed by atoms with Crippen molar-refractivity contribution >= 4 is 23.4 Å². The minimum Gasteiger partial charge on any atom is -0.497 e. The molecule has 204 valence electrons. The number of methoxy groups -OCH3 is 1. The molecule has 1 aliphatic rings. The molecule has 1 fully saturated rings. The van der Waals surface area contributed by atoms with Crippen LogP contribution in [0, 0.1) is 19.8 Å². The highest BCUT2D eigenvalue weighted by Crippen LogP contribution is 2.51. The van der Waals surface area contributed by atoms with Crippen LogP contribution in [0.5, 0.6) is 5.75 Å². The Hall–Kier alpha value is -4.85. The number of nitrogens with one attached hydrogen (secondary N) is 1. The van der Waals surface area contributed by atoms with Gasteiger partial charge in [-0.1, -0.05) is 60.7 Å². The summed E-state index contributed by atoms with van der Waals surface area (Å²) in [4.78, 5) is 43.2. The van der Waals surface area contributed by atoms with Crippen molar-refractivity contribution in [2.45, 2.75) is 31.8 Å². The largest absolute Gasteiger partial charge is 0.497 e. The van der Waals surface area contributed by atoms with Crippen LogP contribution in [0.25, 0.3) is 0 Å². The molecule has 4 atom stereocenters. The molecule has 0 saturated carbocycles. The first-order chi connectivity index (χ1) is 19.3. The molecule has 8 nitrogen and oxygen atoms in total. The normalized spacial score (nSPS) is 20.2. The number of nitrogens with two attached hydrogens (primary N) is 1. The van der Waals surface area contributed by atoms with Crippen molar-refractivity contribution in [2.24, 2.45) is 11.7 Å².